The van der Waals surface area contributed by atoms with Crippen LogP contribution in [0, 0.1) is 0 Å². The molecule has 0 radical (unpaired) electrons. The highest BCUT2D eigenvalue weighted by Gasteiger charge is 2.07. The lowest BCUT2D eigenvalue weighted by molar-refractivity contribution is -0.138. The SMILES string of the molecule is CCCCCCCCN=NC(C)C(=O)O. The highest BCUT2D eigenvalue weighted by molar-refractivity contribution is 5.72. The van der Waals surface area contributed by atoms with Gasteiger partial charge < -0.3 is 5.11 Å². The van der Waals surface area contributed by atoms with Crippen molar-refractivity contribution in [2.24, 2.45) is 10.2 Å². The topological polar surface area (TPSA) is 62.0 Å². The first-order valence-corrected chi connectivity index (χ1v) is 5.78. The molecule has 0 aliphatic heterocycles. The number of hydrogen-bond donors (Lipinski definition) is 1. The molecule has 1 atom stereocenters. The Morgan fingerprint density at radius 1 is 1.20 bits per heavy atom. The molecular formula is C11H22N2O2. The van der Waals surface area contributed by atoms with Crippen LogP contribution in [0.5, 0.6) is 0 Å². The third kappa shape index (κ3) is 9.38. The van der Waals surface area contributed by atoms with E-state index in [0.29, 0.717) is 6.54 Å². The number of nitrogens with zero attached hydrogens (tertiary/aromatic N) is 2. The number of rotatable bonds is 9. The monoisotopic (exact) mass is 214 g/mol. The molecule has 1 N–H and O–H groups in total. The van der Waals surface area contributed by atoms with Crippen LogP contribution in [-0.4, -0.2) is 23.7 Å². The fourth-order valence-corrected chi connectivity index (χ4v) is 1.19. The van der Waals surface area contributed by atoms with Gasteiger partial charge in [-0.25, -0.2) is 4.79 Å². The number of carboxylic acid groups (broad SMARTS) is 1. The van der Waals surface area contributed by atoms with Crippen molar-refractivity contribution in [2.45, 2.75) is 58.4 Å². The molecule has 0 fully saturated rings. The van der Waals surface area contributed by atoms with E-state index in [1.54, 1.807) is 0 Å². The van der Waals surface area contributed by atoms with Crippen molar-refractivity contribution in [1.82, 2.24) is 0 Å². The van der Waals surface area contributed by atoms with Gasteiger partial charge in [0.1, 0.15) is 0 Å². The minimum absolute atomic E-state index is 0.656. The molecule has 0 aliphatic carbocycles. The third-order valence-electron chi connectivity index (χ3n) is 2.22. The van der Waals surface area contributed by atoms with Crippen molar-refractivity contribution < 1.29 is 9.90 Å². The van der Waals surface area contributed by atoms with Crippen molar-refractivity contribution >= 4 is 5.97 Å². The van der Waals surface area contributed by atoms with Gasteiger partial charge in [0.2, 0.25) is 0 Å². The highest BCUT2D eigenvalue weighted by atomic mass is 16.4. The second-order valence-corrected chi connectivity index (χ2v) is 3.76. The summed E-state index contributed by atoms with van der Waals surface area (Å²) in [6, 6.07) is -0.704. The van der Waals surface area contributed by atoms with Crippen molar-refractivity contribution in [3.8, 4) is 0 Å². The van der Waals surface area contributed by atoms with Crippen molar-refractivity contribution in [1.29, 1.82) is 0 Å². The molecule has 88 valence electrons. The van der Waals surface area contributed by atoms with Gasteiger partial charge in [-0.1, -0.05) is 39.0 Å². The Kier molecular flexibility index (Phi) is 9.02. The van der Waals surface area contributed by atoms with E-state index in [-0.39, 0.29) is 0 Å². The van der Waals surface area contributed by atoms with Gasteiger partial charge in [0.15, 0.2) is 6.04 Å². The van der Waals surface area contributed by atoms with Gasteiger partial charge in [0.25, 0.3) is 0 Å². The predicted molar refractivity (Wildman–Crippen MR) is 60.2 cm³/mol. The Balaban J connectivity index is 3.27. The average molecular weight is 214 g/mol. The van der Waals surface area contributed by atoms with Crippen LogP contribution in [0.3, 0.4) is 0 Å². The lowest BCUT2D eigenvalue weighted by atomic mass is 10.1. The van der Waals surface area contributed by atoms with Crippen LogP contribution < -0.4 is 0 Å². The number of azo groups is 1. The molecule has 0 spiro atoms. The highest BCUT2D eigenvalue weighted by Crippen LogP contribution is 2.05. The Bertz CT molecular complexity index is 193. The van der Waals surface area contributed by atoms with E-state index in [0.717, 1.165) is 6.42 Å². The molecule has 0 aromatic rings. The first kappa shape index (κ1) is 14.1. The molecule has 0 aliphatic rings. The lowest BCUT2D eigenvalue weighted by Crippen LogP contribution is -2.12. The molecule has 0 heterocycles. The summed E-state index contributed by atoms with van der Waals surface area (Å²) in [5, 5.41) is 16.1. The lowest BCUT2D eigenvalue weighted by Gasteiger charge is -1.98. The molecule has 0 bridgehead atoms. The van der Waals surface area contributed by atoms with Gasteiger partial charge in [-0.15, -0.1) is 0 Å². The van der Waals surface area contributed by atoms with Crippen LogP contribution in [0.15, 0.2) is 10.2 Å². The molecule has 0 aromatic carbocycles. The summed E-state index contributed by atoms with van der Waals surface area (Å²) in [5.41, 5.74) is 0. The largest absolute Gasteiger partial charge is 0.480 e. The summed E-state index contributed by atoms with van der Waals surface area (Å²) in [7, 11) is 0. The smallest absolute Gasteiger partial charge is 0.330 e. The van der Waals surface area contributed by atoms with E-state index in [9.17, 15) is 4.79 Å². The number of carboxylic acids is 1. The molecule has 4 nitrogen and oxygen atoms in total. The number of hydrogen-bond acceptors (Lipinski definition) is 3. The Hall–Kier alpha value is -0.930. The van der Waals surface area contributed by atoms with E-state index in [2.05, 4.69) is 17.2 Å². The zero-order valence-corrected chi connectivity index (χ0v) is 9.78. The van der Waals surface area contributed by atoms with Gasteiger partial charge in [0.05, 0.1) is 6.54 Å². The first-order valence-electron chi connectivity index (χ1n) is 5.78. The number of aliphatic carboxylic acids is 1. The normalized spacial score (nSPS) is 13.2. The summed E-state index contributed by atoms with van der Waals surface area (Å²) in [5.74, 6) is -0.915. The summed E-state index contributed by atoms with van der Waals surface area (Å²) in [6.07, 6.45) is 7.28. The zero-order valence-electron chi connectivity index (χ0n) is 9.78. The van der Waals surface area contributed by atoms with Crippen LogP contribution >= 0.6 is 0 Å². The summed E-state index contributed by atoms with van der Waals surface area (Å²) < 4.78 is 0. The molecule has 4 heteroatoms. The van der Waals surface area contributed by atoms with Crippen LogP contribution in [0.2, 0.25) is 0 Å². The molecule has 0 rings (SSSR count). The maximum absolute atomic E-state index is 10.4. The van der Waals surface area contributed by atoms with Crippen molar-refractivity contribution in [2.75, 3.05) is 6.54 Å². The molecule has 0 saturated heterocycles. The molecule has 0 amide bonds. The molecular weight excluding hydrogens is 192 g/mol. The minimum atomic E-state index is -0.915. The average Bonchev–Trinajstić information content (AvgIpc) is 2.21. The molecule has 0 saturated carbocycles. The molecule has 1 unspecified atom stereocenters. The Morgan fingerprint density at radius 2 is 1.80 bits per heavy atom. The molecule has 0 aromatic heterocycles. The first-order chi connectivity index (χ1) is 7.18. The molecule has 15 heavy (non-hydrogen) atoms. The van der Waals surface area contributed by atoms with Crippen LogP contribution in [0.1, 0.15) is 52.4 Å². The van der Waals surface area contributed by atoms with Gasteiger partial charge in [-0.3, -0.25) is 0 Å². The fourth-order valence-electron chi connectivity index (χ4n) is 1.19. The van der Waals surface area contributed by atoms with Crippen molar-refractivity contribution in [3.05, 3.63) is 0 Å². The van der Waals surface area contributed by atoms with Gasteiger partial charge in [-0.2, -0.15) is 10.2 Å². The summed E-state index contributed by atoms with van der Waals surface area (Å²) in [4.78, 5) is 10.4. The summed E-state index contributed by atoms with van der Waals surface area (Å²) in [6.45, 7) is 4.39. The standard InChI is InChI=1S/C11H22N2O2/c1-3-4-5-6-7-8-9-12-13-10(2)11(14)15/h10H,3-9H2,1-2H3,(H,14,15). The minimum Gasteiger partial charge on any atom is -0.480 e. The van der Waals surface area contributed by atoms with Crippen LogP contribution in [0.4, 0.5) is 0 Å². The third-order valence-corrected chi connectivity index (χ3v) is 2.22. The quantitative estimate of drug-likeness (QED) is 0.473. The number of unbranched alkanes of at least 4 members (excludes halogenated alkanes) is 5. The predicted octanol–water partition coefficient (Wildman–Crippen LogP) is 3.27. The maximum atomic E-state index is 10.4. The van der Waals surface area contributed by atoms with E-state index < -0.39 is 12.0 Å². The fraction of sp³-hybridized carbons (Fsp3) is 0.909. The van der Waals surface area contributed by atoms with E-state index >= 15 is 0 Å². The van der Waals surface area contributed by atoms with E-state index in [1.165, 1.54) is 39.0 Å². The Labute approximate surface area is 91.8 Å². The zero-order chi connectivity index (χ0) is 11.5. The van der Waals surface area contributed by atoms with Gasteiger partial charge >= 0.3 is 5.97 Å². The maximum Gasteiger partial charge on any atom is 0.330 e. The van der Waals surface area contributed by atoms with Gasteiger partial charge in [0, 0.05) is 0 Å². The van der Waals surface area contributed by atoms with E-state index in [4.69, 9.17) is 5.11 Å². The number of carbonyl (C=O) groups is 1. The summed E-state index contributed by atoms with van der Waals surface area (Å²) >= 11 is 0. The van der Waals surface area contributed by atoms with Crippen LogP contribution in [0.25, 0.3) is 0 Å². The van der Waals surface area contributed by atoms with Gasteiger partial charge in [-0.05, 0) is 13.3 Å². The van der Waals surface area contributed by atoms with Crippen molar-refractivity contribution in [3.63, 3.8) is 0 Å². The van der Waals surface area contributed by atoms with E-state index in [1.807, 2.05) is 0 Å². The van der Waals surface area contributed by atoms with Crippen LogP contribution in [-0.2, 0) is 4.79 Å². The second kappa shape index (κ2) is 9.62. The Morgan fingerprint density at radius 3 is 2.40 bits per heavy atom. The second-order valence-electron chi connectivity index (χ2n) is 3.76.